The Morgan fingerprint density at radius 1 is 1.29 bits per heavy atom. The number of nitrogens with one attached hydrogen (secondary N) is 1. The number of rotatable bonds is 1. The van der Waals surface area contributed by atoms with Crippen LogP contribution in [0.1, 0.15) is 44.3 Å². The summed E-state index contributed by atoms with van der Waals surface area (Å²) in [5.74, 6) is 1.10. The highest BCUT2D eigenvalue weighted by Gasteiger charge is 2.42. The van der Waals surface area contributed by atoms with Crippen molar-refractivity contribution in [3.8, 4) is 0 Å². The fourth-order valence-electron chi connectivity index (χ4n) is 3.07. The molecule has 14 heavy (non-hydrogen) atoms. The molecule has 0 radical (unpaired) electrons. The molecular formula is C11H15N3. The molecule has 1 aromatic heterocycles. The second-order valence-electron chi connectivity index (χ2n) is 4.39. The molecule has 1 heterocycles. The van der Waals surface area contributed by atoms with E-state index >= 15 is 0 Å². The molecule has 0 aliphatic heterocycles. The summed E-state index contributed by atoms with van der Waals surface area (Å²) in [5.41, 5.74) is 1.86. The average molecular weight is 189 g/mol. The molecule has 3 rings (SSSR count). The summed E-state index contributed by atoms with van der Waals surface area (Å²) in [6.45, 7) is 0. The summed E-state index contributed by atoms with van der Waals surface area (Å²) >= 11 is 0. The first-order valence-electron chi connectivity index (χ1n) is 5.47. The van der Waals surface area contributed by atoms with Crippen molar-refractivity contribution in [3.63, 3.8) is 0 Å². The molecule has 3 nitrogen and oxygen atoms in total. The molecule has 0 amide bonds. The van der Waals surface area contributed by atoms with E-state index in [1.807, 2.05) is 0 Å². The minimum atomic E-state index is 0.245. The first-order valence-corrected chi connectivity index (χ1v) is 5.47. The summed E-state index contributed by atoms with van der Waals surface area (Å²) in [5, 5.41) is 7.06. The minimum Gasteiger partial charge on any atom is -0.263 e. The lowest BCUT2D eigenvalue weighted by Crippen LogP contribution is -2.28. The van der Waals surface area contributed by atoms with Gasteiger partial charge < -0.3 is 0 Å². The standard InChI is InChI=1S/C11H15N3/c1-2-6-11(10-12-8-13-14-10)7-3-5-9(11)4-1/h4,8H,1-3,5-7H2,(H,12,13,14). The Kier molecular flexibility index (Phi) is 1.72. The highest BCUT2D eigenvalue weighted by atomic mass is 15.2. The predicted molar refractivity (Wildman–Crippen MR) is 53.8 cm³/mol. The van der Waals surface area contributed by atoms with Gasteiger partial charge in [-0.1, -0.05) is 11.6 Å². The molecule has 3 heteroatoms. The molecule has 1 N–H and O–H groups in total. The molecule has 1 atom stereocenters. The van der Waals surface area contributed by atoms with Crippen molar-refractivity contribution in [2.75, 3.05) is 0 Å². The zero-order valence-electron chi connectivity index (χ0n) is 8.29. The Labute approximate surface area is 83.6 Å². The molecular weight excluding hydrogens is 174 g/mol. The van der Waals surface area contributed by atoms with Crippen LogP contribution in [0.2, 0.25) is 0 Å². The van der Waals surface area contributed by atoms with Gasteiger partial charge in [0.15, 0.2) is 0 Å². The third-order valence-corrected chi connectivity index (χ3v) is 3.73. The van der Waals surface area contributed by atoms with Gasteiger partial charge >= 0.3 is 0 Å². The van der Waals surface area contributed by atoms with Crippen molar-refractivity contribution in [2.45, 2.75) is 43.9 Å². The van der Waals surface area contributed by atoms with Crippen LogP contribution in [0.5, 0.6) is 0 Å². The lowest BCUT2D eigenvalue weighted by Gasteiger charge is -2.31. The van der Waals surface area contributed by atoms with E-state index < -0.39 is 0 Å². The van der Waals surface area contributed by atoms with E-state index in [1.54, 1.807) is 11.9 Å². The fourth-order valence-corrected chi connectivity index (χ4v) is 3.07. The Bertz CT molecular complexity index is 353. The van der Waals surface area contributed by atoms with Gasteiger partial charge in [-0.15, -0.1) is 0 Å². The molecule has 0 spiro atoms. The summed E-state index contributed by atoms with van der Waals surface area (Å²) in [6, 6.07) is 0. The number of fused-ring (bicyclic) bond motifs is 1. The lowest BCUT2D eigenvalue weighted by molar-refractivity contribution is 0.417. The zero-order valence-corrected chi connectivity index (χ0v) is 8.29. The van der Waals surface area contributed by atoms with Crippen molar-refractivity contribution in [1.29, 1.82) is 0 Å². The molecule has 0 bridgehead atoms. The minimum absolute atomic E-state index is 0.245. The maximum absolute atomic E-state index is 4.37. The molecule has 1 saturated carbocycles. The van der Waals surface area contributed by atoms with Gasteiger partial charge in [0.05, 0.1) is 5.41 Å². The summed E-state index contributed by atoms with van der Waals surface area (Å²) in [4.78, 5) is 4.37. The van der Waals surface area contributed by atoms with Crippen molar-refractivity contribution in [3.05, 3.63) is 23.8 Å². The zero-order chi connectivity index (χ0) is 9.43. The van der Waals surface area contributed by atoms with Gasteiger partial charge in [-0.3, -0.25) is 5.10 Å². The Morgan fingerprint density at radius 3 is 3.07 bits per heavy atom. The van der Waals surface area contributed by atoms with Gasteiger partial charge in [0.1, 0.15) is 12.2 Å². The van der Waals surface area contributed by atoms with E-state index in [9.17, 15) is 0 Å². The number of H-pyrrole nitrogens is 1. The Hall–Kier alpha value is -1.12. The van der Waals surface area contributed by atoms with Crippen molar-refractivity contribution in [2.24, 2.45) is 0 Å². The van der Waals surface area contributed by atoms with Gasteiger partial charge in [-0.05, 0) is 38.5 Å². The molecule has 1 aromatic rings. The normalized spacial score (nSPS) is 31.3. The number of hydrogen-bond donors (Lipinski definition) is 1. The molecule has 2 aliphatic rings. The molecule has 74 valence electrons. The largest absolute Gasteiger partial charge is 0.263 e. The third kappa shape index (κ3) is 0.982. The van der Waals surface area contributed by atoms with E-state index in [-0.39, 0.29) is 5.41 Å². The second-order valence-corrected chi connectivity index (χ2v) is 4.39. The molecule has 0 saturated heterocycles. The molecule has 0 aromatic carbocycles. The molecule has 1 fully saturated rings. The van der Waals surface area contributed by atoms with Crippen LogP contribution in [-0.4, -0.2) is 15.2 Å². The van der Waals surface area contributed by atoms with Crippen molar-refractivity contribution < 1.29 is 0 Å². The Balaban J connectivity index is 2.09. The van der Waals surface area contributed by atoms with Gasteiger partial charge in [0.2, 0.25) is 0 Å². The van der Waals surface area contributed by atoms with Gasteiger partial charge in [0, 0.05) is 0 Å². The maximum atomic E-state index is 4.37. The van der Waals surface area contributed by atoms with Crippen LogP contribution >= 0.6 is 0 Å². The summed E-state index contributed by atoms with van der Waals surface area (Å²) < 4.78 is 0. The quantitative estimate of drug-likeness (QED) is 0.689. The third-order valence-electron chi connectivity index (χ3n) is 3.73. The maximum Gasteiger partial charge on any atom is 0.137 e. The number of aromatic amines is 1. The van der Waals surface area contributed by atoms with Gasteiger partial charge in [-0.25, -0.2) is 4.98 Å². The van der Waals surface area contributed by atoms with Crippen LogP contribution in [0, 0.1) is 0 Å². The SMILES string of the molecule is C1=C2CCCC2(c2ncn[nH]2)CCC1. The number of nitrogens with zero attached hydrogens (tertiary/aromatic N) is 2. The molecule has 2 aliphatic carbocycles. The number of hydrogen-bond acceptors (Lipinski definition) is 2. The fraction of sp³-hybridized carbons (Fsp3) is 0.636. The number of allylic oxidation sites excluding steroid dienone is 2. The number of aromatic nitrogens is 3. The van der Waals surface area contributed by atoms with Crippen LogP contribution in [-0.2, 0) is 5.41 Å². The van der Waals surface area contributed by atoms with Crippen molar-refractivity contribution >= 4 is 0 Å². The van der Waals surface area contributed by atoms with E-state index in [1.165, 1.54) is 38.5 Å². The smallest absolute Gasteiger partial charge is 0.137 e. The van der Waals surface area contributed by atoms with Crippen LogP contribution < -0.4 is 0 Å². The predicted octanol–water partition coefficient (Wildman–Crippen LogP) is 2.34. The highest BCUT2D eigenvalue weighted by Crippen LogP contribution is 2.49. The Morgan fingerprint density at radius 2 is 2.21 bits per heavy atom. The van der Waals surface area contributed by atoms with Crippen LogP contribution in [0.15, 0.2) is 18.0 Å². The molecule has 1 unspecified atom stereocenters. The lowest BCUT2D eigenvalue weighted by atomic mass is 9.73. The van der Waals surface area contributed by atoms with Gasteiger partial charge in [-0.2, -0.15) is 5.10 Å². The van der Waals surface area contributed by atoms with Crippen molar-refractivity contribution in [1.82, 2.24) is 15.2 Å². The van der Waals surface area contributed by atoms with Crippen LogP contribution in [0.25, 0.3) is 0 Å². The van der Waals surface area contributed by atoms with E-state index in [0.717, 1.165) is 5.82 Å². The van der Waals surface area contributed by atoms with E-state index in [4.69, 9.17) is 0 Å². The first-order chi connectivity index (χ1) is 6.92. The van der Waals surface area contributed by atoms with Crippen LogP contribution in [0.4, 0.5) is 0 Å². The van der Waals surface area contributed by atoms with Gasteiger partial charge in [0.25, 0.3) is 0 Å². The second kappa shape index (κ2) is 2.94. The topological polar surface area (TPSA) is 41.6 Å². The van der Waals surface area contributed by atoms with E-state index in [0.29, 0.717) is 0 Å². The monoisotopic (exact) mass is 189 g/mol. The van der Waals surface area contributed by atoms with Crippen LogP contribution in [0.3, 0.4) is 0 Å². The average Bonchev–Trinajstić information content (AvgIpc) is 2.87. The van der Waals surface area contributed by atoms with E-state index in [2.05, 4.69) is 21.3 Å². The highest BCUT2D eigenvalue weighted by molar-refractivity contribution is 5.33. The summed E-state index contributed by atoms with van der Waals surface area (Å²) in [6.07, 6.45) is 11.7. The first kappa shape index (κ1) is 8.21. The summed E-state index contributed by atoms with van der Waals surface area (Å²) in [7, 11) is 0.